The minimum Gasteiger partial charge on any atom is -0.497 e. The van der Waals surface area contributed by atoms with Crippen LogP contribution >= 0.6 is 11.8 Å². The summed E-state index contributed by atoms with van der Waals surface area (Å²) < 4.78 is 10.6. The Labute approximate surface area is 204 Å². The maximum atomic E-state index is 13.5. The molecule has 1 aromatic carbocycles. The molecule has 2 aliphatic heterocycles. The van der Waals surface area contributed by atoms with Crippen molar-refractivity contribution in [3.8, 4) is 11.5 Å². The molecule has 1 aromatic heterocycles. The molecule has 1 saturated heterocycles. The van der Waals surface area contributed by atoms with Crippen LogP contribution in [-0.4, -0.2) is 78.6 Å². The molecular weight excluding hydrogens is 454 g/mol. The number of aromatic nitrogens is 2. The molecule has 9 nitrogen and oxygen atoms in total. The molecule has 3 N–H and O–H groups in total. The van der Waals surface area contributed by atoms with Crippen molar-refractivity contribution in [2.75, 3.05) is 45.9 Å². The summed E-state index contributed by atoms with van der Waals surface area (Å²) >= 11 is 1.66. The van der Waals surface area contributed by atoms with E-state index in [1.165, 1.54) is 19.9 Å². The molecule has 10 heteroatoms. The lowest BCUT2D eigenvalue weighted by Crippen LogP contribution is -2.57. The minimum atomic E-state index is -0.591. The smallest absolute Gasteiger partial charge is 0.252 e. The average molecular weight is 488 g/mol. The van der Waals surface area contributed by atoms with Crippen LogP contribution in [0.4, 0.5) is 0 Å². The highest BCUT2D eigenvalue weighted by atomic mass is 32.2. The van der Waals surface area contributed by atoms with Crippen molar-refractivity contribution < 1.29 is 19.1 Å². The molecule has 2 amide bonds. The van der Waals surface area contributed by atoms with Gasteiger partial charge >= 0.3 is 0 Å². The Morgan fingerprint density at radius 2 is 1.91 bits per heavy atom. The summed E-state index contributed by atoms with van der Waals surface area (Å²) in [7, 11) is 3.08. The number of piperidine rings is 1. The van der Waals surface area contributed by atoms with E-state index in [4.69, 9.17) is 9.47 Å². The molecule has 4 rings (SSSR count). The second kappa shape index (κ2) is 10.7. The number of imidazole rings is 1. The molecule has 2 aliphatic rings. The summed E-state index contributed by atoms with van der Waals surface area (Å²) in [5.41, 5.74) is 2.50. The lowest BCUT2D eigenvalue weighted by molar-refractivity contribution is -0.135. The molecule has 0 unspecified atom stereocenters. The Kier molecular flexibility index (Phi) is 7.67. The van der Waals surface area contributed by atoms with Gasteiger partial charge in [0.1, 0.15) is 17.5 Å². The number of methoxy groups -OCH3 is 2. The molecule has 1 atom stereocenters. The Hall–Kier alpha value is -2.72. The quantitative estimate of drug-likeness (QED) is 0.522. The van der Waals surface area contributed by atoms with Crippen LogP contribution in [0.25, 0.3) is 0 Å². The molecule has 0 aliphatic carbocycles. The van der Waals surface area contributed by atoms with Crippen LogP contribution in [-0.2, 0) is 16.8 Å². The van der Waals surface area contributed by atoms with Crippen LogP contribution in [0.3, 0.4) is 0 Å². The van der Waals surface area contributed by atoms with Gasteiger partial charge in [-0.15, -0.1) is 0 Å². The highest BCUT2D eigenvalue weighted by Gasteiger charge is 2.42. The Morgan fingerprint density at radius 3 is 2.56 bits per heavy atom. The number of thioether (sulfide) groups is 1. The van der Waals surface area contributed by atoms with E-state index in [9.17, 15) is 9.59 Å². The zero-order chi connectivity index (χ0) is 24.1. The van der Waals surface area contributed by atoms with Crippen molar-refractivity contribution in [1.82, 2.24) is 25.5 Å². The highest BCUT2D eigenvalue weighted by molar-refractivity contribution is 7.98. The SMILES string of the molecule is COc1cc(OC)cc(C(=O)N[C@@H](CCSC)C(=O)N2CCC3(CC2)NCCc2[nH]cnc23)c1. The number of benzene rings is 1. The van der Waals surface area contributed by atoms with E-state index in [0.29, 0.717) is 36.6 Å². The lowest BCUT2D eigenvalue weighted by Gasteiger charge is -2.44. The first-order valence-electron chi connectivity index (χ1n) is 11.6. The summed E-state index contributed by atoms with van der Waals surface area (Å²) in [6, 6.07) is 4.41. The molecule has 2 aromatic rings. The normalized spacial score (nSPS) is 17.7. The zero-order valence-corrected chi connectivity index (χ0v) is 20.8. The monoisotopic (exact) mass is 487 g/mol. The van der Waals surface area contributed by atoms with Gasteiger partial charge < -0.3 is 30.0 Å². The van der Waals surface area contributed by atoms with Gasteiger partial charge in [0.15, 0.2) is 0 Å². The fourth-order valence-electron chi connectivity index (χ4n) is 4.85. The zero-order valence-electron chi connectivity index (χ0n) is 20.0. The fourth-order valence-corrected chi connectivity index (χ4v) is 5.32. The van der Waals surface area contributed by atoms with E-state index >= 15 is 0 Å². The summed E-state index contributed by atoms with van der Waals surface area (Å²) in [6.45, 7) is 2.15. The predicted molar refractivity (Wildman–Crippen MR) is 132 cm³/mol. The first kappa shape index (κ1) is 24.4. The van der Waals surface area contributed by atoms with Gasteiger partial charge in [-0.25, -0.2) is 4.98 Å². The number of hydrogen-bond donors (Lipinski definition) is 3. The number of amides is 2. The van der Waals surface area contributed by atoms with Crippen LogP contribution in [0, 0.1) is 0 Å². The first-order chi connectivity index (χ1) is 16.5. The predicted octanol–water partition coefficient (Wildman–Crippen LogP) is 1.94. The number of H-pyrrole nitrogens is 1. The van der Waals surface area contributed by atoms with Crippen molar-refractivity contribution >= 4 is 23.6 Å². The lowest BCUT2D eigenvalue weighted by atomic mass is 9.80. The van der Waals surface area contributed by atoms with Crippen molar-refractivity contribution in [3.05, 3.63) is 41.5 Å². The minimum absolute atomic E-state index is 0.0369. The van der Waals surface area contributed by atoms with Gasteiger partial charge in [-0.3, -0.25) is 9.59 Å². The highest BCUT2D eigenvalue weighted by Crippen LogP contribution is 2.36. The van der Waals surface area contributed by atoms with Gasteiger partial charge in [0.25, 0.3) is 5.91 Å². The van der Waals surface area contributed by atoms with Crippen LogP contribution in [0.5, 0.6) is 11.5 Å². The summed E-state index contributed by atoms with van der Waals surface area (Å²) in [5, 5.41) is 6.62. The number of hydrogen-bond acceptors (Lipinski definition) is 7. The number of aromatic amines is 1. The van der Waals surface area contributed by atoms with Crippen molar-refractivity contribution in [1.29, 1.82) is 0 Å². The number of nitrogens with one attached hydrogen (secondary N) is 3. The maximum Gasteiger partial charge on any atom is 0.252 e. The maximum absolute atomic E-state index is 13.5. The Morgan fingerprint density at radius 1 is 1.21 bits per heavy atom. The van der Waals surface area contributed by atoms with Gasteiger partial charge in [0.05, 0.1) is 31.8 Å². The molecule has 1 fully saturated rings. The van der Waals surface area contributed by atoms with Crippen molar-refractivity contribution in [2.45, 2.75) is 37.3 Å². The van der Waals surface area contributed by atoms with Crippen LogP contribution in [0.15, 0.2) is 24.5 Å². The second-order valence-electron chi connectivity index (χ2n) is 8.72. The van der Waals surface area contributed by atoms with Gasteiger partial charge in [-0.05, 0) is 43.4 Å². The number of carbonyl (C=O) groups is 2. The third-order valence-corrected chi connectivity index (χ3v) is 7.41. The first-order valence-corrected chi connectivity index (χ1v) is 13.0. The van der Waals surface area contributed by atoms with Crippen LogP contribution in [0.2, 0.25) is 0 Å². The average Bonchev–Trinajstić information content (AvgIpc) is 3.37. The van der Waals surface area contributed by atoms with E-state index in [0.717, 1.165) is 37.3 Å². The molecule has 0 saturated carbocycles. The van der Waals surface area contributed by atoms with Gasteiger partial charge in [0, 0.05) is 43.4 Å². The second-order valence-corrected chi connectivity index (χ2v) is 9.71. The largest absolute Gasteiger partial charge is 0.497 e. The Balaban J connectivity index is 1.45. The molecule has 0 bridgehead atoms. The van der Waals surface area contributed by atoms with E-state index in [1.807, 2.05) is 11.2 Å². The Bertz CT molecular complexity index is 996. The number of likely N-dealkylation sites (tertiary alicyclic amines) is 1. The van der Waals surface area contributed by atoms with E-state index in [2.05, 4.69) is 20.6 Å². The molecular formula is C24H33N5O4S. The molecule has 1 spiro atoms. The van der Waals surface area contributed by atoms with Gasteiger partial charge in [-0.2, -0.15) is 11.8 Å². The summed E-state index contributed by atoms with van der Waals surface area (Å²) in [4.78, 5) is 36.3. The number of fused-ring (bicyclic) bond motifs is 2. The number of ether oxygens (including phenoxy) is 2. The van der Waals surface area contributed by atoms with E-state index in [1.54, 1.807) is 36.3 Å². The molecule has 0 radical (unpaired) electrons. The topological polar surface area (TPSA) is 109 Å². The van der Waals surface area contributed by atoms with Gasteiger partial charge in [0.2, 0.25) is 5.91 Å². The number of rotatable bonds is 8. The fraction of sp³-hybridized carbons (Fsp3) is 0.542. The molecule has 184 valence electrons. The van der Waals surface area contributed by atoms with E-state index < -0.39 is 6.04 Å². The standard InChI is InChI=1S/C24H33N5O4S/c1-32-17-12-16(13-18(14-17)33-2)22(30)28-20(5-11-34-3)23(31)29-9-6-24(7-10-29)21-19(4-8-27-24)25-15-26-21/h12-15,20,27H,4-11H2,1-3H3,(H,25,26)(H,28,30)/t20-/m0/s1. The van der Waals surface area contributed by atoms with Gasteiger partial charge in [-0.1, -0.05) is 0 Å². The van der Waals surface area contributed by atoms with Crippen molar-refractivity contribution in [3.63, 3.8) is 0 Å². The van der Waals surface area contributed by atoms with Crippen LogP contribution in [0.1, 0.15) is 41.0 Å². The van der Waals surface area contributed by atoms with E-state index in [-0.39, 0.29) is 17.4 Å². The number of nitrogens with zero attached hydrogens (tertiary/aromatic N) is 2. The molecule has 3 heterocycles. The van der Waals surface area contributed by atoms with Crippen LogP contribution < -0.4 is 20.1 Å². The number of carbonyl (C=O) groups excluding carboxylic acids is 2. The third-order valence-electron chi connectivity index (χ3n) is 6.77. The third kappa shape index (κ3) is 5.02. The molecule has 34 heavy (non-hydrogen) atoms. The summed E-state index contributed by atoms with van der Waals surface area (Å²) in [5.74, 6) is 1.46. The summed E-state index contributed by atoms with van der Waals surface area (Å²) in [6.07, 6.45) is 6.86. The van der Waals surface area contributed by atoms with Crippen molar-refractivity contribution in [2.24, 2.45) is 0 Å².